The van der Waals surface area contributed by atoms with E-state index in [1.54, 1.807) is 0 Å². The van der Waals surface area contributed by atoms with Gasteiger partial charge in [0.1, 0.15) is 11.2 Å². The molecule has 2 nitrogen and oxygen atoms in total. The van der Waals surface area contributed by atoms with Gasteiger partial charge in [-0.25, -0.2) is 0 Å². The molecule has 11 aromatic rings. The Morgan fingerprint density at radius 3 is 1.53 bits per heavy atom. The first-order chi connectivity index (χ1) is 29.7. The molecule has 2 heteroatoms. The van der Waals surface area contributed by atoms with Crippen LogP contribution in [-0.2, 0) is 0 Å². The summed E-state index contributed by atoms with van der Waals surface area (Å²) in [4.78, 5) is 2.39. The highest BCUT2D eigenvalue weighted by Crippen LogP contribution is 2.46. The summed E-state index contributed by atoms with van der Waals surface area (Å²) >= 11 is 0. The highest BCUT2D eigenvalue weighted by Gasteiger charge is 2.22. The van der Waals surface area contributed by atoms with Gasteiger partial charge in [-0.2, -0.15) is 0 Å². The molecule has 282 valence electrons. The van der Waals surface area contributed by atoms with Gasteiger partial charge in [-0.3, -0.25) is 0 Å². The van der Waals surface area contributed by atoms with E-state index >= 15 is 0 Å². The molecule has 0 fully saturated rings. The first-order valence-electron chi connectivity index (χ1n) is 20.5. The number of fused-ring (bicyclic) bond motifs is 4. The summed E-state index contributed by atoms with van der Waals surface area (Å²) in [6.45, 7) is 0. The van der Waals surface area contributed by atoms with Crippen molar-refractivity contribution in [3.8, 4) is 55.6 Å². The van der Waals surface area contributed by atoms with Crippen molar-refractivity contribution >= 4 is 49.8 Å². The summed E-state index contributed by atoms with van der Waals surface area (Å²) in [6.07, 6.45) is 0. The van der Waals surface area contributed by atoms with Gasteiger partial charge in [-0.05, 0) is 109 Å². The first kappa shape index (κ1) is 35.2. The largest absolute Gasteiger partial charge is 0.456 e. The summed E-state index contributed by atoms with van der Waals surface area (Å²) in [5.74, 6) is 0. The molecule has 0 aliphatic rings. The second-order valence-corrected chi connectivity index (χ2v) is 15.3. The minimum Gasteiger partial charge on any atom is -0.456 e. The van der Waals surface area contributed by atoms with Crippen LogP contribution in [0.4, 0.5) is 17.1 Å². The van der Waals surface area contributed by atoms with E-state index in [9.17, 15) is 0 Å². The molecule has 0 radical (unpaired) electrons. The standard InChI is InChI=1S/C58H39NO/c1-2-12-40(13-3-1)42-28-31-46(32-29-42)52-18-6-8-20-54(52)59(55-21-11-23-57-58(55)53-19-7-9-22-56(53)60-57)51-36-34-44(35-37-51)43-24-26-45(27-25-43)48-16-10-17-49(38-48)50-33-30-41-14-4-5-15-47(41)39-50/h1-39H. The van der Waals surface area contributed by atoms with Gasteiger partial charge < -0.3 is 9.32 Å². The van der Waals surface area contributed by atoms with Crippen LogP contribution < -0.4 is 4.90 Å². The number of benzene rings is 10. The third-order valence-electron chi connectivity index (χ3n) is 11.7. The Balaban J connectivity index is 0.960. The minimum absolute atomic E-state index is 0.864. The summed E-state index contributed by atoms with van der Waals surface area (Å²) in [6, 6.07) is 84.8. The molecule has 1 aromatic heterocycles. The van der Waals surface area contributed by atoms with Crippen molar-refractivity contribution in [3.63, 3.8) is 0 Å². The molecule has 0 bridgehead atoms. The molecule has 10 aromatic carbocycles. The topological polar surface area (TPSA) is 16.4 Å². The maximum atomic E-state index is 6.42. The smallest absolute Gasteiger partial charge is 0.137 e. The van der Waals surface area contributed by atoms with Gasteiger partial charge in [-0.15, -0.1) is 0 Å². The van der Waals surface area contributed by atoms with E-state index in [1.165, 1.54) is 49.7 Å². The van der Waals surface area contributed by atoms with Crippen LogP contribution in [0.5, 0.6) is 0 Å². The van der Waals surface area contributed by atoms with Gasteiger partial charge in [0, 0.05) is 16.6 Å². The van der Waals surface area contributed by atoms with Gasteiger partial charge in [0.2, 0.25) is 0 Å². The maximum Gasteiger partial charge on any atom is 0.137 e. The Kier molecular flexibility index (Phi) is 8.87. The van der Waals surface area contributed by atoms with Gasteiger partial charge in [-0.1, -0.05) is 188 Å². The lowest BCUT2D eigenvalue weighted by atomic mass is 9.96. The van der Waals surface area contributed by atoms with Gasteiger partial charge >= 0.3 is 0 Å². The van der Waals surface area contributed by atoms with Crippen molar-refractivity contribution in [1.29, 1.82) is 0 Å². The van der Waals surface area contributed by atoms with E-state index in [0.717, 1.165) is 55.7 Å². The van der Waals surface area contributed by atoms with Crippen LogP contribution in [0.15, 0.2) is 241 Å². The molecule has 11 rings (SSSR count). The Labute approximate surface area is 349 Å². The van der Waals surface area contributed by atoms with Crippen LogP contribution >= 0.6 is 0 Å². The molecule has 60 heavy (non-hydrogen) atoms. The van der Waals surface area contributed by atoms with Crippen molar-refractivity contribution in [2.45, 2.75) is 0 Å². The zero-order valence-corrected chi connectivity index (χ0v) is 32.9. The predicted octanol–water partition coefficient (Wildman–Crippen LogP) is 16.5. The summed E-state index contributed by atoms with van der Waals surface area (Å²) in [7, 11) is 0. The minimum atomic E-state index is 0.864. The number of furan rings is 1. The molecule has 1 heterocycles. The Morgan fingerprint density at radius 2 is 0.767 bits per heavy atom. The monoisotopic (exact) mass is 765 g/mol. The third-order valence-corrected chi connectivity index (χ3v) is 11.7. The molecule has 0 atom stereocenters. The molecule has 0 amide bonds. The zero-order valence-electron chi connectivity index (χ0n) is 32.9. The van der Waals surface area contributed by atoms with Crippen LogP contribution in [0, 0.1) is 0 Å². The molecule has 0 aliphatic carbocycles. The number of hydrogen-bond acceptors (Lipinski definition) is 2. The quantitative estimate of drug-likeness (QED) is 0.153. The Morgan fingerprint density at radius 1 is 0.283 bits per heavy atom. The molecule has 0 aliphatic heterocycles. The highest BCUT2D eigenvalue weighted by atomic mass is 16.3. The fraction of sp³-hybridized carbons (Fsp3) is 0. The van der Waals surface area contributed by atoms with Crippen LogP contribution in [-0.4, -0.2) is 0 Å². The second kappa shape index (κ2) is 15.1. The van der Waals surface area contributed by atoms with Crippen LogP contribution in [0.25, 0.3) is 88.3 Å². The number of hydrogen-bond donors (Lipinski definition) is 0. The van der Waals surface area contributed by atoms with Gasteiger partial charge in [0.05, 0.1) is 16.8 Å². The average Bonchev–Trinajstić information content (AvgIpc) is 3.72. The highest BCUT2D eigenvalue weighted by molar-refractivity contribution is 6.14. The van der Waals surface area contributed by atoms with E-state index in [2.05, 4.69) is 229 Å². The van der Waals surface area contributed by atoms with Gasteiger partial charge in [0.15, 0.2) is 0 Å². The van der Waals surface area contributed by atoms with E-state index < -0.39 is 0 Å². The number of anilines is 3. The normalized spacial score (nSPS) is 11.3. The third kappa shape index (κ3) is 6.51. The predicted molar refractivity (Wildman–Crippen MR) is 253 cm³/mol. The fourth-order valence-electron chi connectivity index (χ4n) is 8.64. The van der Waals surface area contributed by atoms with Crippen molar-refractivity contribution in [2.24, 2.45) is 0 Å². The zero-order chi connectivity index (χ0) is 39.8. The molecule has 0 N–H and O–H groups in total. The number of rotatable bonds is 8. The lowest BCUT2D eigenvalue weighted by Crippen LogP contribution is -2.11. The maximum absolute atomic E-state index is 6.42. The Hall–Kier alpha value is -7.94. The lowest BCUT2D eigenvalue weighted by Gasteiger charge is -2.28. The summed E-state index contributed by atoms with van der Waals surface area (Å²) in [5, 5.41) is 4.69. The SMILES string of the molecule is c1ccc(-c2ccc(-c3ccccc3N(c3ccc(-c4ccc(-c5cccc(-c6ccc7ccccc7c6)c5)cc4)cc3)c3cccc4oc5ccccc5c34)cc2)cc1. The lowest BCUT2D eigenvalue weighted by molar-refractivity contribution is 0.669. The molecule has 0 saturated heterocycles. The number of nitrogens with zero attached hydrogens (tertiary/aromatic N) is 1. The van der Waals surface area contributed by atoms with Crippen LogP contribution in [0.3, 0.4) is 0 Å². The molecule has 0 unspecified atom stereocenters. The van der Waals surface area contributed by atoms with Crippen molar-refractivity contribution in [1.82, 2.24) is 0 Å². The van der Waals surface area contributed by atoms with Crippen molar-refractivity contribution in [3.05, 3.63) is 237 Å². The summed E-state index contributed by atoms with van der Waals surface area (Å²) < 4.78 is 6.42. The van der Waals surface area contributed by atoms with Crippen LogP contribution in [0.1, 0.15) is 0 Å². The molecule has 0 spiro atoms. The molecule has 0 saturated carbocycles. The van der Waals surface area contributed by atoms with E-state index in [1.807, 2.05) is 12.1 Å². The van der Waals surface area contributed by atoms with E-state index in [0.29, 0.717) is 0 Å². The van der Waals surface area contributed by atoms with Crippen molar-refractivity contribution < 1.29 is 4.42 Å². The van der Waals surface area contributed by atoms with Crippen molar-refractivity contribution in [2.75, 3.05) is 4.90 Å². The fourth-order valence-corrected chi connectivity index (χ4v) is 8.64. The average molecular weight is 766 g/mol. The summed E-state index contributed by atoms with van der Waals surface area (Å²) in [5.41, 5.74) is 16.8. The van der Waals surface area contributed by atoms with Gasteiger partial charge in [0.25, 0.3) is 0 Å². The van der Waals surface area contributed by atoms with E-state index in [4.69, 9.17) is 4.42 Å². The second-order valence-electron chi connectivity index (χ2n) is 15.3. The van der Waals surface area contributed by atoms with E-state index in [-0.39, 0.29) is 0 Å². The van der Waals surface area contributed by atoms with Crippen LogP contribution in [0.2, 0.25) is 0 Å². The first-order valence-corrected chi connectivity index (χ1v) is 20.5. The Bertz CT molecular complexity index is 3290. The molecular formula is C58H39NO. The molecular weight excluding hydrogens is 727 g/mol. The number of para-hydroxylation sites is 2.